The van der Waals surface area contributed by atoms with Gasteiger partial charge < -0.3 is 4.74 Å². The average Bonchev–Trinajstić information content (AvgIpc) is 2.96. The van der Waals surface area contributed by atoms with E-state index in [1.165, 1.54) is 148 Å². The van der Waals surface area contributed by atoms with Crippen LogP contribution in [-0.2, 0) is 9.53 Å². The molecule has 3 rings (SSSR count). The summed E-state index contributed by atoms with van der Waals surface area (Å²) in [6, 6.07) is 0. The molecule has 222 valence electrons. The zero-order valence-corrected chi connectivity index (χ0v) is 26.1. The van der Waals surface area contributed by atoms with E-state index in [-0.39, 0.29) is 11.4 Å². The van der Waals surface area contributed by atoms with Gasteiger partial charge in [0.05, 0.1) is 12.5 Å². The Morgan fingerprint density at radius 2 is 1.00 bits per heavy atom. The molecule has 0 amide bonds. The zero-order chi connectivity index (χ0) is 27.1. The first-order valence-electron chi connectivity index (χ1n) is 17.7. The van der Waals surface area contributed by atoms with Crippen LogP contribution in [-0.4, -0.2) is 13.1 Å². The number of rotatable bonds is 17. The van der Waals surface area contributed by atoms with Gasteiger partial charge in [-0.2, -0.15) is 0 Å². The minimum absolute atomic E-state index is 0.114. The lowest BCUT2D eigenvalue weighted by molar-refractivity contribution is -0.157. The SMILES string of the molecule is CCCCCCCC1CCC(C2CCC(CC[C@H]3CC[C@H](CCCCCCC)CC3)(C(=O)OC)CC2)CC1. The molecular weight excluding hydrogens is 464 g/mol. The van der Waals surface area contributed by atoms with Gasteiger partial charge in [-0.1, -0.05) is 129 Å². The average molecular weight is 531 g/mol. The second-order valence-electron chi connectivity index (χ2n) is 14.2. The molecule has 0 spiro atoms. The molecule has 3 fully saturated rings. The molecule has 0 saturated heterocycles. The summed E-state index contributed by atoms with van der Waals surface area (Å²) >= 11 is 0. The minimum atomic E-state index is -0.170. The third-order valence-corrected chi connectivity index (χ3v) is 11.6. The van der Waals surface area contributed by atoms with Gasteiger partial charge in [-0.25, -0.2) is 0 Å². The Morgan fingerprint density at radius 1 is 0.579 bits per heavy atom. The van der Waals surface area contributed by atoms with Crippen LogP contribution in [0.5, 0.6) is 0 Å². The first-order valence-corrected chi connectivity index (χ1v) is 17.7. The van der Waals surface area contributed by atoms with E-state index in [4.69, 9.17) is 4.74 Å². The van der Waals surface area contributed by atoms with E-state index in [0.717, 1.165) is 48.9 Å². The van der Waals surface area contributed by atoms with Gasteiger partial charge in [0.2, 0.25) is 0 Å². The van der Waals surface area contributed by atoms with Crippen molar-refractivity contribution in [2.45, 2.75) is 181 Å². The summed E-state index contributed by atoms with van der Waals surface area (Å²) in [5, 5.41) is 0. The second-order valence-corrected chi connectivity index (χ2v) is 14.2. The number of methoxy groups -OCH3 is 1. The zero-order valence-electron chi connectivity index (χ0n) is 26.1. The Hall–Kier alpha value is -0.530. The van der Waals surface area contributed by atoms with Gasteiger partial charge in [-0.15, -0.1) is 0 Å². The largest absolute Gasteiger partial charge is 0.469 e. The Kier molecular flexibility index (Phi) is 15.2. The van der Waals surface area contributed by atoms with Gasteiger partial charge in [0.25, 0.3) is 0 Å². The molecule has 2 nitrogen and oxygen atoms in total. The molecule has 0 aromatic heterocycles. The molecule has 0 heterocycles. The van der Waals surface area contributed by atoms with Crippen LogP contribution < -0.4 is 0 Å². The molecule has 0 bridgehead atoms. The van der Waals surface area contributed by atoms with Gasteiger partial charge in [0, 0.05) is 0 Å². The molecule has 3 aliphatic carbocycles. The van der Waals surface area contributed by atoms with E-state index in [9.17, 15) is 4.79 Å². The quantitative estimate of drug-likeness (QED) is 0.138. The van der Waals surface area contributed by atoms with E-state index in [2.05, 4.69) is 13.8 Å². The summed E-state index contributed by atoms with van der Waals surface area (Å²) < 4.78 is 5.44. The Balaban J connectivity index is 1.34. The molecule has 3 saturated carbocycles. The molecule has 0 radical (unpaired) electrons. The second kappa shape index (κ2) is 18.0. The van der Waals surface area contributed by atoms with Crippen molar-refractivity contribution in [2.24, 2.45) is 35.0 Å². The molecule has 0 aromatic carbocycles. The van der Waals surface area contributed by atoms with Crippen molar-refractivity contribution in [1.29, 1.82) is 0 Å². The number of hydrogen-bond donors (Lipinski definition) is 0. The molecule has 0 N–H and O–H groups in total. The first-order chi connectivity index (χ1) is 18.6. The van der Waals surface area contributed by atoms with Crippen molar-refractivity contribution in [3.05, 3.63) is 0 Å². The lowest BCUT2D eigenvalue weighted by Crippen LogP contribution is -2.39. The highest BCUT2D eigenvalue weighted by Gasteiger charge is 2.44. The summed E-state index contributed by atoms with van der Waals surface area (Å²) in [6.07, 6.45) is 35.7. The van der Waals surface area contributed by atoms with Crippen LogP contribution in [0.3, 0.4) is 0 Å². The van der Waals surface area contributed by atoms with Gasteiger partial charge in [0.1, 0.15) is 0 Å². The number of esters is 1. The van der Waals surface area contributed by atoms with Crippen LogP contribution in [0.25, 0.3) is 0 Å². The van der Waals surface area contributed by atoms with Crippen molar-refractivity contribution in [3.8, 4) is 0 Å². The predicted octanol–water partition coefficient (Wildman–Crippen LogP) is 11.4. The highest BCUT2D eigenvalue weighted by Crippen LogP contribution is 2.49. The number of carbonyl (C=O) groups excluding carboxylic acids is 1. The third-order valence-electron chi connectivity index (χ3n) is 11.6. The smallest absolute Gasteiger partial charge is 0.311 e. The summed E-state index contributed by atoms with van der Waals surface area (Å²) in [7, 11) is 1.63. The molecule has 2 heteroatoms. The molecule has 0 aliphatic heterocycles. The summed E-state index contributed by atoms with van der Waals surface area (Å²) in [5.74, 6) is 4.74. The van der Waals surface area contributed by atoms with Crippen molar-refractivity contribution < 1.29 is 9.53 Å². The number of carbonyl (C=O) groups is 1. The topological polar surface area (TPSA) is 26.3 Å². The van der Waals surface area contributed by atoms with Crippen LogP contribution in [0.15, 0.2) is 0 Å². The van der Waals surface area contributed by atoms with Gasteiger partial charge in [0.15, 0.2) is 0 Å². The molecular formula is C36H66O2. The van der Waals surface area contributed by atoms with Crippen LogP contribution >= 0.6 is 0 Å². The van der Waals surface area contributed by atoms with Crippen LogP contribution in [0, 0.1) is 35.0 Å². The predicted molar refractivity (Wildman–Crippen MR) is 163 cm³/mol. The first kappa shape index (κ1) is 32.0. The van der Waals surface area contributed by atoms with Crippen molar-refractivity contribution in [1.82, 2.24) is 0 Å². The van der Waals surface area contributed by atoms with Crippen molar-refractivity contribution in [2.75, 3.05) is 7.11 Å². The standard InChI is InChI=1S/C36H66O2/c1-4-6-8-10-12-14-30-16-18-32(19-17-30)24-27-36(35(37)38-3)28-25-34(26-29-36)33-22-20-31(21-23-33)15-13-11-9-7-5-2/h30-34H,4-29H2,1-3H3/t30-,31?,32-,33?,34?,36?. The number of hydrogen-bond acceptors (Lipinski definition) is 2. The monoisotopic (exact) mass is 531 g/mol. The van der Waals surface area contributed by atoms with Crippen LogP contribution in [0.2, 0.25) is 0 Å². The lowest BCUT2D eigenvalue weighted by atomic mass is 9.62. The maximum Gasteiger partial charge on any atom is 0.311 e. The highest BCUT2D eigenvalue weighted by atomic mass is 16.5. The van der Waals surface area contributed by atoms with Crippen LogP contribution in [0.1, 0.15) is 181 Å². The molecule has 3 aliphatic rings. The fraction of sp³-hybridized carbons (Fsp3) is 0.972. The Labute approximate surface area is 238 Å². The Morgan fingerprint density at radius 3 is 1.47 bits per heavy atom. The summed E-state index contributed by atoms with van der Waals surface area (Å²) in [4.78, 5) is 13.1. The van der Waals surface area contributed by atoms with E-state index in [1.54, 1.807) is 7.11 Å². The fourth-order valence-electron chi connectivity index (χ4n) is 8.75. The third kappa shape index (κ3) is 10.5. The van der Waals surface area contributed by atoms with Crippen molar-refractivity contribution >= 4 is 5.97 Å². The van der Waals surface area contributed by atoms with E-state index >= 15 is 0 Å². The van der Waals surface area contributed by atoms with Crippen LogP contribution in [0.4, 0.5) is 0 Å². The van der Waals surface area contributed by atoms with E-state index < -0.39 is 0 Å². The molecule has 0 atom stereocenters. The maximum atomic E-state index is 13.1. The highest BCUT2D eigenvalue weighted by molar-refractivity contribution is 5.76. The molecule has 38 heavy (non-hydrogen) atoms. The van der Waals surface area contributed by atoms with Gasteiger partial charge in [-0.3, -0.25) is 4.79 Å². The van der Waals surface area contributed by atoms with Gasteiger partial charge in [-0.05, 0) is 81.0 Å². The van der Waals surface area contributed by atoms with E-state index in [0.29, 0.717) is 0 Å². The lowest BCUT2D eigenvalue weighted by Gasteiger charge is -2.43. The molecule has 0 unspecified atom stereocenters. The summed E-state index contributed by atoms with van der Waals surface area (Å²) in [6.45, 7) is 4.61. The normalized spacial score (nSPS) is 32.2. The van der Waals surface area contributed by atoms with Crippen molar-refractivity contribution in [3.63, 3.8) is 0 Å². The van der Waals surface area contributed by atoms with E-state index in [1.807, 2.05) is 0 Å². The maximum absolute atomic E-state index is 13.1. The minimum Gasteiger partial charge on any atom is -0.469 e. The number of unbranched alkanes of at least 4 members (excludes halogenated alkanes) is 8. The number of ether oxygens (including phenoxy) is 1. The Bertz CT molecular complexity index is 603. The van der Waals surface area contributed by atoms with Gasteiger partial charge >= 0.3 is 5.97 Å². The fourth-order valence-corrected chi connectivity index (χ4v) is 8.75. The summed E-state index contributed by atoms with van der Waals surface area (Å²) in [5.41, 5.74) is -0.170. The molecule has 0 aromatic rings.